The number of carbonyl (C=O) groups is 1. The number of halogens is 1. The van der Waals surface area contributed by atoms with Crippen LogP contribution in [0.5, 0.6) is 0 Å². The highest BCUT2D eigenvalue weighted by Gasteiger charge is 2.41. The normalized spacial score (nSPS) is 19.0. The Hall–Kier alpha value is -1.01. The fourth-order valence-electron chi connectivity index (χ4n) is 2.96. The third-order valence-electron chi connectivity index (χ3n) is 4.45. The molecule has 2 aliphatic rings. The molecule has 2 aliphatic carbocycles. The summed E-state index contributed by atoms with van der Waals surface area (Å²) in [6, 6.07) is 1.32. The van der Waals surface area contributed by atoms with Gasteiger partial charge in [-0.25, -0.2) is 8.42 Å². The van der Waals surface area contributed by atoms with Gasteiger partial charge in [0.05, 0.1) is 0 Å². The van der Waals surface area contributed by atoms with Crippen LogP contribution in [0.15, 0.2) is 17.2 Å². The lowest BCUT2D eigenvalue weighted by molar-refractivity contribution is 0.0935. The van der Waals surface area contributed by atoms with Gasteiger partial charge in [-0.2, -0.15) is 0 Å². The minimum absolute atomic E-state index is 0.0437. The first-order valence-electron chi connectivity index (χ1n) is 7.25. The largest absolute Gasteiger partial charge is 0.350 e. The highest BCUT2D eigenvalue weighted by Crippen LogP contribution is 2.48. The molecule has 0 unspecified atom stereocenters. The van der Waals surface area contributed by atoms with E-state index in [1.807, 2.05) is 0 Å². The zero-order valence-corrected chi connectivity index (χ0v) is 13.5. The van der Waals surface area contributed by atoms with E-state index < -0.39 is 9.05 Å². The molecule has 116 valence electrons. The Morgan fingerprint density at radius 2 is 1.95 bits per heavy atom. The van der Waals surface area contributed by atoms with Gasteiger partial charge in [0.2, 0.25) is 0 Å². The smallest absolute Gasteiger partial charge is 0.267 e. The van der Waals surface area contributed by atoms with E-state index in [1.165, 1.54) is 42.5 Å². The Balaban J connectivity index is 1.66. The van der Waals surface area contributed by atoms with Crippen molar-refractivity contribution in [1.29, 1.82) is 0 Å². The average molecular weight is 331 g/mol. The number of hydrogen-bond acceptors (Lipinski definition) is 3. The van der Waals surface area contributed by atoms with Crippen LogP contribution in [0.1, 0.15) is 36.2 Å². The lowest BCUT2D eigenvalue weighted by Gasteiger charge is -2.16. The van der Waals surface area contributed by atoms with Gasteiger partial charge in [0.15, 0.2) is 0 Å². The monoisotopic (exact) mass is 330 g/mol. The van der Waals surface area contributed by atoms with Crippen LogP contribution in [0.4, 0.5) is 0 Å². The molecule has 0 bridgehead atoms. The van der Waals surface area contributed by atoms with Gasteiger partial charge >= 0.3 is 0 Å². The van der Waals surface area contributed by atoms with Crippen LogP contribution < -0.4 is 5.32 Å². The molecule has 1 N–H and O–H groups in total. The number of nitrogens with zero attached hydrogens (tertiary/aromatic N) is 1. The first-order valence-corrected chi connectivity index (χ1v) is 9.56. The summed E-state index contributed by atoms with van der Waals surface area (Å²) < 4.78 is 24.1. The van der Waals surface area contributed by atoms with E-state index >= 15 is 0 Å². The molecule has 0 aromatic carbocycles. The first kappa shape index (κ1) is 14.9. The summed E-state index contributed by atoms with van der Waals surface area (Å²) in [6.45, 7) is 0.683. The molecular formula is C14H19ClN2O3S. The zero-order chi connectivity index (χ0) is 15.2. The predicted octanol–water partition coefficient (Wildman–Crippen LogP) is 2.12. The van der Waals surface area contributed by atoms with Crippen molar-refractivity contribution in [2.24, 2.45) is 24.8 Å². The molecule has 1 heterocycles. The topological polar surface area (TPSA) is 68.2 Å². The van der Waals surface area contributed by atoms with Gasteiger partial charge in [-0.3, -0.25) is 4.79 Å². The van der Waals surface area contributed by atoms with Crippen molar-refractivity contribution in [2.75, 3.05) is 6.54 Å². The third-order valence-corrected chi connectivity index (χ3v) is 5.77. The van der Waals surface area contributed by atoms with E-state index in [2.05, 4.69) is 5.32 Å². The molecule has 21 heavy (non-hydrogen) atoms. The fraction of sp³-hybridized carbons (Fsp3) is 0.643. The molecule has 7 heteroatoms. The van der Waals surface area contributed by atoms with Gasteiger partial charge in [-0.05, 0) is 49.5 Å². The number of rotatable bonds is 6. The standard InChI is InChI=1S/C14H19ClN2O3S/c1-17-8-11(21(15,19)20)6-13(17)14(18)16-7-12(9-2-3-9)10-4-5-10/h6,8-10,12H,2-5,7H2,1H3,(H,16,18). The zero-order valence-electron chi connectivity index (χ0n) is 11.9. The number of hydrogen-bond donors (Lipinski definition) is 1. The molecule has 5 nitrogen and oxygen atoms in total. The second-order valence-corrected chi connectivity index (χ2v) is 8.72. The van der Waals surface area contributed by atoms with Crippen LogP contribution in [-0.2, 0) is 16.1 Å². The van der Waals surface area contributed by atoms with Crippen LogP contribution in [0.25, 0.3) is 0 Å². The van der Waals surface area contributed by atoms with Gasteiger partial charge in [-0.1, -0.05) is 0 Å². The Morgan fingerprint density at radius 1 is 1.38 bits per heavy atom. The van der Waals surface area contributed by atoms with E-state index in [0.29, 0.717) is 18.2 Å². The van der Waals surface area contributed by atoms with Crippen molar-refractivity contribution < 1.29 is 13.2 Å². The van der Waals surface area contributed by atoms with E-state index in [4.69, 9.17) is 10.7 Å². The molecule has 2 fully saturated rings. The molecule has 2 saturated carbocycles. The molecule has 1 aromatic rings. The summed E-state index contributed by atoms with van der Waals surface area (Å²) in [6.07, 6.45) is 6.45. The summed E-state index contributed by atoms with van der Waals surface area (Å²) in [5, 5.41) is 2.95. The van der Waals surface area contributed by atoms with Gasteiger partial charge in [-0.15, -0.1) is 0 Å². The minimum atomic E-state index is -3.80. The number of aromatic nitrogens is 1. The maximum Gasteiger partial charge on any atom is 0.267 e. The van der Waals surface area contributed by atoms with Gasteiger partial charge in [0, 0.05) is 30.5 Å². The van der Waals surface area contributed by atoms with Crippen LogP contribution in [0, 0.1) is 17.8 Å². The van der Waals surface area contributed by atoms with Crippen LogP contribution >= 0.6 is 10.7 Å². The summed E-state index contributed by atoms with van der Waals surface area (Å²) in [5.41, 5.74) is 0.319. The lowest BCUT2D eigenvalue weighted by atomic mass is 9.98. The summed E-state index contributed by atoms with van der Waals surface area (Å²) >= 11 is 0. The Bertz CT molecular complexity index is 648. The molecule has 0 radical (unpaired) electrons. The molecule has 0 saturated heterocycles. The maximum absolute atomic E-state index is 12.2. The summed E-state index contributed by atoms with van der Waals surface area (Å²) in [7, 11) is 3.14. The van der Waals surface area contributed by atoms with Crippen molar-refractivity contribution >= 4 is 25.6 Å². The molecule has 1 aromatic heterocycles. The summed E-state index contributed by atoms with van der Waals surface area (Å²) in [4.78, 5) is 12.2. The number of carbonyl (C=O) groups excluding carboxylic acids is 1. The van der Waals surface area contributed by atoms with E-state index in [1.54, 1.807) is 7.05 Å². The van der Waals surface area contributed by atoms with Crippen molar-refractivity contribution in [3.8, 4) is 0 Å². The Morgan fingerprint density at radius 3 is 2.38 bits per heavy atom. The van der Waals surface area contributed by atoms with Crippen molar-refractivity contribution in [3.05, 3.63) is 18.0 Å². The molecule has 1 amide bonds. The molecule has 0 aliphatic heterocycles. The fourth-order valence-corrected chi connectivity index (χ4v) is 3.75. The van der Waals surface area contributed by atoms with E-state index in [-0.39, 0.29) is 10.8 Å². The SMILES string of the molecule is Cn1cc(S(=O)(=O)Cl)cc1C(=O)NCC(C1CC1)C1CC1. The van der Waals surface area contributed by atoms with E-state index in [9.17, 15) is 13.2 Å². The average Bonchev–Trinajstić information content (AvgIpc) is 3.28. The molecule has 0 atom stereocenters. The number of nitrogens with one attached hydrogen (secondary N) is 1. The minimum Gasteiger partial charge on any atom is -0.350 e. The van der Waals surface area contributed by atoms with Crippen molar-refractivity contribution in [2.45, 2.75) is 30.6 Å². The number of aryl methyl sites for hydroxylation is 1. The highest BCUT2D eigenvalue weighted by atomic mass is 35.7. The highest BCUT2D eigenvalue weighted by molar-refractivity contribution is 8.13. The quantitative estimate of drug-likeness (QED) is 0.812. The van der Waals surface area contributed by atoms with E-state index in [0.717, 1.165) is 11.8 Å². The molecule has 0 spiro atoms. The van der Waals surface area contributed by atoms with Gasteiger partial charge in [0.25, 0.3) is 15.0 Å². The second-order valence-electron chi connectivity index (χ2n) is 6.16. The van der Waals surface area contributed by atoms with Crippen molar-refractivity contribution in [3.63, 3.8) is 0 Å². The van der Waals surface area contributed by atoms with Gasteiger partial charge in [0.1, 0.15) is 10.6 Å². The Labute approximate surface area is 129 Å². The van der Waals surface area contributed by atoms with Crippen molar-refractivity contribution in [1.82, 2.24) is 9.88 Å². The van der Waals surface area contributed by atoms with Crippen LogP contribution in [0.3, 0.4) is 0 Å². The molecular weight excluding hydrogens is 312 g/mol. The second kappa shape index (κ2) is 5.32. The van der Waals surface area contributed by atoms with Crippen LogP contribution in [-0.4, -0.2) is 25.4 Å². The third kappa shape index (κ3) is 3.43. The maximum atomic E-state index is 12.2. The Kier molecular flexibility index (Phi) is 3.78. The first-order chi connectivity index (χ1) is 9.86. The number of amides is 1. The predicted molar refractivity (Wildman–Crippen MR) is 79.7 cm³/mol. The molecule has 3 rings (SSSR count). The lowest BCUT2D eigenvalue weighted by Crippen LogP contribution is -2.32. The van der Waals surface area contributed by atoms with Gasteiger partial charge < -0.3 is 9.88 Å². The summed E-state index contributed by atoms with van der Waals surface area (Å²) in [5.74, 6) is 1.89. The van der Waals surface area contributed by atoms with Crippen LogP contribution in [0.2, 0.25) is 0 Å².